The van der Waals surface area contributed by atoms with Crippen LogP contribution in [-0.4, -0.2) is 70.7 Å². The first-order valence-electron chi connectivity index (χ1n) is 8.96. The summed E-state index contributed by atoms with van der Waals surface area (Å²) >= 11 is 0. The molecule has 4 rings (SSSR count). The second-order valence-corrected chi connectivity index (χ2v) is 6.83. The molecule has 4 bridgehead atoms. The fourth-order valence-electron chi connectivity index (χ4n) is 3.46. The van der Waals surface area contributed by atoms with Gasteiger partial charge in [0.25, 0.3) is 0 Å². The second-order valence-electron chi connectivity index (χ2n) is 6.83. The zero-order valence-corrected chi connectivity index (χ0v) is 14.5. The van der Waals surface area contributed by atoms with Crippen molar-refractivity contribution in [3.63, 3.8) is 0 Å². The quantitative estimate of drug-likeness (QED) is 0.546. The van der Waals surface area contributed by atoms with E-state index in [-0.39, 0.29) is 0 Å². The van der Waals surface area contributed by atoms with Crippen LogP contribution in [0.2, 0.25) is 0 Å². The van der Waals surface area contributed by atoms with Crippen molar-refractivity contribution in [1.29, 1.82) is 0 Å². The van der Waals surface area contributed by atoms with Crippen molar-refractivity contribution >= 4 is 5.97 Å². The minimum Gasteiger partial charge on any atom is -0.478 e. The summed E-state index contributed by atoms with van der Waals surface area (Å²) in [7, 11) is 0. The first-order chi connectivity index (χ1) is 11.2. The Balaban J connectivity index is 0.000000170. The van der Waals surface area contributed by atoms with E-state index in [1.807, 2.05) is 0 Å². The minimum absolute atomic E-state index is 0.842. The van der Waals surface area contributed by atoms with E-state index in [0.29, 0.717) is 0 Å². The molecule has 0 saturated carbocycles. The molecule has 6 nitrogen and oxygen atoms in total. The van der Waals surface area contributed by atoms with Gasteiger partial charge < -0.3 is 5.11 Å². The van der Waals surface area contributed by atoms with Crippen LogP contribution in [0.1, 0.15) is 51.9 Å². The summed E-state index contributed by atoms with van der Waals surface area (Å²) in [6.07, 6.45) is 11.4. The van der Waals surface area contributed by atoms with E-state index in [2.05, 4.69) is 26.5 Å². The van der Waals surface area contributed by atoms with Gasteiger partial charge in [-0.15, -0.1) is 0 Å². The number of aliphatic carboxylic acids is 1. The van der Waals surface area contributed by atoms with Crippen LogP contribution in [0.25, 0.3) is 0 Å². The Kier molecular flexibility index (Phi) is 8.02. The maximum absolute atomic E-state index is 10.1. The predicted octanol–water partition coefficient (Wildman–Crippen LogP) is 2.36. The molecule has 4 saturated heterocycles. The van der Waals surface area contributed by atoms with Gasteiger partial charge in [0.15, 0.2) is 0 Å². The van der Waals surface area contributed by atoms with Gasteiger partial charge in [0.05, 0.1) is 40.0 Å². The maximum Gasteiger partial charge on any atom is 0.327 e. The Labute approximate surface area is 140 Å². The highest BCUT2D eigenvalue weighted by molar-refractivity contribution is 5.79. The van der Waals surface area contributed by atoms with E-state index >= 15 is 0 Å². The molecule has 132 valence electrons. The van der Waals surface area contributed by atoms with Crippen LogP contribution in [0, 0.1) is 0 Å². The van der Waals surface area contributed by atoms with Crippen LogP contribution in [-0.2, 0) is 4.79 Å². The zero-order chi connectivity index (χ0) is 16.5. The van der Waals surface area contributed by atoms with Crippen LogP contribution in [0.4, 0.5) is 0 Å². The number of carbonyl (C=O) groups is 1. The first kappa shape index (κ1) is 18.4. The molecule has 0 radical (unpaired) electrons. The average Bonchev–Trinajstić information content (AvgIpc) is 2.49. The highest BCUT2D eigenvalue weighted by atomic mass is 16.4. The van der Waals surface area contributed by atoms with Crippen LogP contribution in [0.15, 0.2) is 12.2 Å². The van der Waals surface area contributed by atoms with E-state index in [1.165, 1.54) is 78.2 Å². The summed E-state index contributed by atoms with van der Waals surface area (Å²) in [5, 5.41) is 8.30. The van der Waals surface area contributed by atoms with Gasteiger partial charge in [-0.05, 0) is 12.8 Å². The summed E-state index contributed by atoms with van der Waals surface area (Å²) in [5.74, 6) is -0.842. The van der Waals surface area contributed by atoms with Gasteiger partial charge in [-0.25, -0.2) is 4.79 Å². The van der Waals surface area contributed by atoms with E-state index < -0.39 is 5.97 Å². The number of unbranched alkanes of at least 4 members (excludes halogenated alkanes) is 6. The summed E-state index contributed by atoms with van der Waals surface area (Å²) in [6, 6.07) is 0. The van der Waals surface area contributed by atoms with Gasteiger partial charge in [0.1, 0.15) is 0 Å². The number of rotatable bonds is 8. The van der Waals surface area contributed by atoms with Crippen molar-refractivity contribution in [1.82, 2.24) is 19.6 Å². The minimum atomic E-state index is -0.842. The SMILES string of the molecule is C1N2CN3CN1CN(C2)C3.CCCCCCCCC=CC(=O)O. The smallest absolute Gasteiger partial charge is 0.327 e. The van der Waals surface area contributed by atoms with Crippen molar-refractivity contribution in [2.45, 2.75) is 51.9 Å². The van der Waals surface area contributed by atoms with Crippen molar-refractivity contribution in [3.8, 4) is 0 Å². The fraction of sp³-hybridized carbons (Fsp3) is 0.824. The number of nitrogens with zero attached hydrogens (tertiary/aromatic N) is 4. The standard InChI is InChI=1S/C11H20O2.C6H12N4/c1-2-3-4-5-6-7-8-9-10-11(12)13;1-7-2-9-4-8(1)5-10(3-7)6-9/h9-10H,2-8H2,1H3,(H,12,13);1-6H2. The molecule has 23 heavy (non-hydrogen) atoms. The molecule has 0 unspecified atom stereocenters. The molecule has 0 amide bonds. The molecular formula is C17H32N4O2. The molecule has 4 heterocycles. The molecule has 0 aromatic rings. The molecule has 4 aliphatic heterocycles. The molecule has 0 aliphatic carbocycles. The van der Waals surface area contributed by atoms with Crippen LogP contribution in [0.5, 0.6) is 0 Å². The third-order valence-electron chi connectivity index (χ3n) is 4.38. The lowest BCUT2D eigenvalue weighted by Gasteiger charge is -2.56. The van der Waals surface area contributed by atoms with Crippen molar-refractivity contribution in [2.75, 3.05) is 40.0 Å². The first-order valence-corrected chi connectivity index (χ1v) is 8.96. The van der Waals surface area contributed by atoms with E-state index in [9.17, 15) is 4.79 Å². The van der Waals surface area contributed by atoms with Crippen LogP contribution in [0.3, 0.4) is 0 Å². The van der Waals surface area contributed by atoms with Crippen molar-refractivity contribution in [2.24, 2.45) is 0 Å². The number of hydrogen-bond donors (Lipinski definition) is 1. The molecule has 0 aromatic heterocycles. The third kappa shape index (κ3) is 6.99. The average molecular weight is 324 g/mol. The third-order valence-corrected chi connectivity index (χ3v) is 4.38. The topological polar surface area (TPSA) is 50.3 Å². The van der Waals surface area contributed by atoms with E-state index in [4.69, 9.17) is 5.11 Å². The number of allylic oxidation sites excluding steroid dienone is 1. The predicted molar refractivity (Wildman–Crippen MR) is 91.3 cm³/mol. The molecule has 4 fully saturated rings. The molecule has 4 aliphatic rings. The Morgan fingerprint density at radius 3 is 1.70 bits per heavy atom. The van der Waals surface area contributed by atoms with Gasteiger partial charge in [-0.2, -0.15) is 0 Å². The lowest BCUT2D eigenvalue weighted by Crippen LogP contribution is -2.71. The Bertz CT molecular complexity index is 330. The summed E-state index contributed by atoms with van der Waals surface area (Å²) in [5.41, 5.74) is 0. The molecule has 0 aromatic carbocycles. The summed E-state index contributed by atoms with van der Waals surface area (Å²) in [6.45, 7) is 9.33. The van der Waals surface area contributed by atoms with Gasteiger partial charge in [0.2, 0.25) is 0 Å². The highest BCUT2D eigenvalue weighted by Gasteiger charge is 2.36. The molecule has 0 atom stereocenters. The van der Waals surface area contributed by atoms with Crippen molar-refractivity contribution in [3.05, 3.63) is 12.2 Å². The lowest BCUT2D eigenvalue weighted by molar-refractivity contribution is -0.194. The second kappa shape index (κ2) is 10.0. The Morgan fingerprint density at radius 2 is 1.26 bits per heavy atom. The number of carboxylic acid groups (broad SMARTS) is 1. The Morgan fingerprint density at radius 1 is 0.826 bits per heavy atom. The molecule has 0 spiro atoms. The van der Waals surface area contributed by atoms with Gasteiger partial charge in [0, 0.05) is 6.08 Å². The van der Waals surface area contributed by atoms with Crippen molar-refractivity contribution < 1.29 is 9.90 Å². The van der Waals surface area contributed by atoms with Crippen LogP contribution >= 0.6 is 0 Å². The number of hydrogen-bond acceptors (Lipinski definition) is 5. The van der Waals surface area contributed by atoms with Crippen LogP contribution < -0.4 is 0 Å². The summed E-state index contributed by atoms with van der Waals surface area (Å²) in [4.78, 5) is 20.0. The number of carboxylic acids is 1. The zero-order valence-electron chi connectivity index (χ0n) is 14.5. The molecule has 1 N–H and O–H groups in total. The van der Waals surface area contributed by atoms with E-state index in [0.717, 1.165) is 12.8 Å². The highest BCUT2D eigenvalue weighted by Crippen LogP contribution is 2.20. The van der Waals surface area contributed by atoms with Gasteiger partial charge >= 0.3 is 5.97 Å². The largest absolute Gasteiger partial charge is 0.478 e. The Hall–Kier alpha value is -0.950. The fourth-order valence-corrected chi connectivity index (χ4v) is 3.46. The normalized spacial score (nSPS) is 31.2. The molecular weight excluding hydrogens is 292 g/mol. The van der Waals surface area contributed by atoms with Gasteiger partial charge in [-0.1, -0.05) is 45.1 Å². The maximum atomic E-state index is 10.1. The monoisotopic (exact) mass is 324 g/mol. The van der Waals surface area contributed by atoms with E-state index in [1.54, 1.807) is 6.08 Å². The van der Waals surface area contributed by atoms with Gasteiger partial charge in [-0.3, -0.25) is 19.6 Å². The lowest BCUT2D eigenvalue weighted by atomic mass is 10.1. The summed E-state index contributed by atoms with van der Waals surface area (Å²) < 4.78 is 0. The molecule has 6 heteroatoms.